The van der Waals surface area contributed by atoms with Gasteiger partial charge in [-0.3, -0.25) is 0 Å². The second-order valence-corrected chi connectivity index (χ2v) is 4.83. The number of rotatable bonds is 7. The van der Waals surface area contributed by atoms with E-state index in [1.807, 2.05) is 6.92 Å². The molecule has 1 atom stereocenters. The predicted octanol–water partition coefficient (Wildman–Crippen LogP) is 2.40. The second kappa shape index (κ2) is 8.36. The minimum absolute atomic E-state index is 0.146. The Morgan fingerprint density at radius 2 is 2.14 bits per heavy atom. The van der Waals surface area contributed by atoms with Gasteiger partial charge in [0.1, 0.15) is 11.8 Å². The molecule has 1 aromatic rings. The zero-order chi connectivity index (χ0) is 15.8. The van der Waals surface area contributed by atoms with Crippen LogP contribution in [0.1, 0.15) is 25.3 Å². The van der Waals surface area contributed by atoms with Crippen LogP contribution in [0, 0.1) is 0 Å². The summed E-state index contributed by atoms with van der Waals surface area (Å²) < 4.78 is 5.17. The standard InChI is InChI=1S/C14H19ClN2O4/c1-3-5-11(13(18)19)17-14(20)16-8-9-10(15)6-4-7-12(9)21-2/h4,6-7,11H,3,5,8H2,1-2H3,(H,18,19)(H2,16,17,20)/t11-/m0/s1. The van der Waals surface area contributed by atoms with Crippen LogP contribution in [0.3, 0.4) is 0 Å². The molecule has 0 heterocycles. The average molecular weight is 315 g/mol. The Bertz CT molecular complexity index is 508. The maximum atomic E-state index is 11.7. The van der Waals surface area contributed by atoms with Crippen LogP contribution in [0.5, 0.6) is 5.75 Å². The van der Waals surface area contributed by atoms with Gasteiger partial charge in [0.05, 0.1) is 7.11 Å². The number of methoxy groups -OCH3 is 1. The largest absolute Gasteiger partial charge is 0.496 e. The van der Waals surface area contributed by atoms with Crippen LogP contribution in [0.4, 0.5) is 4.79 Å². The molecular weight excluding hydrogens is 296 g/mol. The monoisotopic (exact) mass is 314 g/mol. The highest BCUT2D eigenvalue weighted by molar-refractivity contribution is 6.31. The molecule has 0 saturated heterocycles. The molecule has 0 saturated carbocycles. The Kier molecular flexibility index (Phi) is 6.81. The van der Waals surface area contributed by atoms with E-state index in [1.54, 1.807) is 18.2 Å². The van der Waals surface area contributed by atoms with Gasteiger partial charge in [-0.05, 0) is 18.6 Å². The molecular formula is C14H19ClN2O4. The molecule has 0 fully saturated rings. The van der Waals surface area contributed by atoms with Crippen LogP contribution in [0.25, 0.3) is 0 Å². The van der Waals surface area contributed by atoms with Crippen molar-refractivity contribution in [1.29, 1.82) is 0 Å². The lowest BCUT2D eigenvalue weighted by Crippen LogP contribution is -2.45. The summed E-state index contributed by atoms with van der Waals surface area (Å²) >= 11 is 6.05. The Hall–Kier alpha value is -1.95. The highest BCUT2D eigenvalue weighted by Crippen LogP contribution is 2.25. The number of benzene rings is 1. The molecule has 0 aliphatic rings. The van der Waals surface area contributed by atoms with Crippen molar-refractivity contribution in [2.24, 2.45) is 0 Å². The Morgan fingerprint density at radius 3 is 2.71 bits per heavy atom. The fourth-order valence-corrected chi connectivity index (χ4v) is 2.06. The molecule has 0 aromatic heterocycles. The van der Waals surface area contributed by atoms with Crippen molar-refractivity contribution in [3.8, 4) is 5.75 Å². The van der Waals surface area contributed by atoms with Crippen molar-refractivity contribution in [3.63, 3.8) is 0 Å². The number of carbonyl (C=O) groups excluding carboxylic acids is 1. The van der Waals surface area contributed by atoms with Crippen LogP contribution < -0.4 is 15.4 Å². The normalized spacial score (nSPS) is 11.6. The van der Waals surface area contributed by atoms with E-state index in [4.69, 9.17) is 21.4 Å². The number of carbonyl (C=O) groups is 2. The van der Waals surface area contributed by atoms with Crippen LogP contribution in [-0.2, 0) is 11.3 Å². The summed E-state index contributed by atoms with van der Waals surface area (Å²) in [7, 11) is 1.51. The fraction of sp³-hybridized carbons (Fsp3) is 0.429. The van der Waals surface area contributed by atoms with E-state index in [-0.39, 0.29) is 6.54 Å². The van der Waals surface area contributed by atoms with Crippen molar-refractivity contribution in [2.75, 3.05) is 7.11 Å². The molecule has 21 heavy (non-hydrogen) atoms. The summed E-state index contributed by atoms with van der Waals surface area (Å²) in [4.78, 5) is 22.7. The van der Waals surface area contributed by atoms with E-state index < -0.39 is 18.0 Å². The second-order valence-electron chi connectivity index (χ2n) is 4.43. The van der Waals surface area contributed by atoms with E-state index in [0.29, 0.717) is 29.2 Å². The summed E-state index contributed by atoms with van der Waals surface area (Å²) in [5, 5.41) is 14.4. The molecule has 2 amide bonds. The van der Waals surface area contributed by atoms with Gasteiger partial charge in [0.15, 0.2) is 0 Å². The summed E-state index contributed by atoms with van der Waals surface area (Å²) in [6, 6.07) is 3.71. The smallest absolute Gasteiger partial charge is 0.326 e. The van der Waals surface area contributed by atoms with Gasteiger partial charge in [-0.2, -0.15) is 0 Å². The van der Waals surface area contributed by atoms with Gasteiger partial charge in [0.25, 0.3) is 0 Å². The molecule has 1 rings (SSSR count). The first kappa shape index (κ1) is 17.1. The number of carboxylic acids is 1. The summed E-state index contributed by atoms with van der Waals surface area (Å²) in [5.41, 5.74) is 0.638. The molecule has 6 nitrogen and oxygen atoms in total. The number of urea groups is 1. The summed E-state index contributed by atoms with van der Waals surface area (Å²) in [6.45, 7) is 2.00. The fourth-order valence-electron chi connectivity index (χ4n) is 1.83. The van der Waals surface area contributed by atoms with Gasteiger partial charge < -0.3 is 20.5 Å². The van der Waals surface area contributed by atoms with Gasteiger partial charge >= 0.3 is 12.0 Å². The SMILES string of the molecule is CCC[C@H](NC(=O)NCc1c(Cl)cccc1OC)C(=O)O. The van der Waals surface area contributed by atoms with Crippen molar-refractivity contribution in [1.82, 2.24) is 10.6 Å². The number of amides is 2. The Morgan fingerprint density at radius 1 is 1.43 bits per heavy atom. The van der Waals surface area contributed by atoms with Crippen LogP contribution >= 0.6 is 11.6 Å². The first-order valence-corrected chi connectivity index (χ1v) is 6.96. The zero-order valence-electron chi connectivity index (χ0n) is 12.0. The average Bonchev–Trinajstić information content (AvgIpc) is 2.45. The minimum Gasteiger partial charge on any atom is -0.496 e. The number of nitrogens with one attached hydrogen (secondary N) is 2. The molecule has 3 N–H and O–H groups in total. The van der Waals surface area contributed by atoms with E-state index in [9.17, 15) is 9.59 Å². The number of aliphatic carboxylic acids is 1. The minimum atomic E-state index is -1.05. The van der Waals surface area contributed by atoms with Crippen molar-refractivity contribution in [2.45, 2.75) is 32.4 Å². The molecule has 0 aliphatic carbocycles. The summed E-state index contributed by atoms with van der Waals surface area (Å²) in [6.07, 6.45) is 1.04. The number of ether oxygens (including phenoxy) is 1. The Balaban J connectivity index is 2.63. The molecule has 116 valence electrons. The van der Waals surface area contributed by atoms with Gasteiger partial charge in [-0.1, -0.05) is 31.0 Å². The molecule has 0 radical (unpaired) electrons. The predicted molar refractivity (Wildman–Crippen MR) is 79.7 cm³/mol. The van der Waals surface area contributed by atoms with Crippen molar-refractivity contribution < 1.29 is 19.4 Å². The molecule has 0 bridgehead atoms. The van der Waals surface area contributed by atoms with Crippen LogP contribution in [0.15, 0.2) is 18.2 Å². The van der Waals surface area contributed by atoms with E-state index >= 15 is 0 Å². The number of hydrogen-bond acceptors (Lipinski definition) is 3. The molecule has 0 aliphatic heterocycles. The third-order valence-electron chi connectivity index (χ3n) is 2.90. The first-order chi connectivity index (χ1) is 9.99. The zero-order valence-corrected chi connectivity index (χ0v) is 12.7. The lowest BCUT2D eigenvalue weighted by atomic mass is 10.2. The van der Waals surface area contributed by atoms with Gasteiger partial charge in [-0.25, -0.2) is 9.59 Å². The number of halogens is 1. The van der Waals surface area contributed by atoms with E-state index in [2.05, 4.69) is 10.6 Å². The Labute approximate surface area is 128 Å². The number of hydrogen-bond donors (Lipinski definition) is 3. The van der Waals surface area contributed by atoms with Gasteiger partial charge in [0, 0.05) is 17.1 Å². The summed E-state index contributed by atoms with van der Waals surface area (Å²) in [5.74, 6) is -0.492. The van der Waals surface area contributed by atoms with Crippen LogP contribution in [-0.4, -0.2) is 30.3 Å². The third-order valence-corrected chi connectivity index (χ3v) is 3.26. The molecule has 0 unspecified atom stereocenters. The lowest BCUT2D eigenvalue weighted by Gasteiger charge is -2.15. The third kappa shape index (κ3) is 5.15. The number of carboxylic acid groups (broad SMARTS) is 1. The molecule has 0 spiro atoms. The first-order valence-electron chi connectivity index (χ1n) is 6.58. The van der Waals surface area contributed by atoms with E-state index in [1.165, 1.54) is 7.11 Å². The topological polar surface area (TPSA) is 87.7 Å². The highest BCUT2D eigenvalue weighted by Gasteiger charge is 2.19. The quantitative estimate of drug-likeness (QED) is 0.721. The highest BCUT2D eigenvalue weighted by atomic mass is 35.5. The maximum Gasteiger partial charge on any atom is 0.326 e. The lowest BCUT2D eigenvalue weighted by molar-refractivity contribution is -0.139. The van der Waals surface area contributed by atoms with Gasteiger partial charge in [0.2, 0.25) is 0 Å². The van der Waals surface area contributed by atoms with E-state index in [0.717, 1.165) is 0 Å². The molecule has 1 aromatic carbocycles. The van der Waals surface area contributed by atoms with Crippen molar-refractivity contribution in [3.05, 3.63) is 28.8 Å². The van der Waals surface area contributed by atoms with Crippen LogP contribution in [0.2, 0.25) is 5.02 Å². The van der Waals surface area contributed by atoms with Gasteiger partial charge in [-0.15, -0.1) is 0 Å². The maximum absolute atomic E-state index is 11.7. The molecule has 7 heteroatoms. The van der Waals surface area contributed by atoms with Crippen molar-refractivity contribution >= 4 is 23.6 Å².